The lowest BCUT2D eigenvalue weighted by Crippen LogP contribution is -2.15. The summed E-state index contributed by atoms with van der Waals surface area (Å²) in [6.45, 7) is 1.13. The molecule has 0 saturated heterocycles. The molecule has 0 atom stereocenters. The molecule has 102 valence electrons. The summed E-state index contributed by atoms with van der Waals surface area (Å²) in [5.41, 5.74) is 1.92. The van der Waals surface area contributed by atoms with Crippen LogP contribution in [-0.4, -0.2) is 25.4 Å². The van der Waals surface area contributed by atoms with Crippen LogP contribution in [0.4, 0.5) is 5.13 Å². The number of nitrogens with zero attached hydrogens (tertiary/aromatic N) is 2. The first kappa shape index (κ1) is 14.6. The molecule has 0 spiro atoms. The standard InChI is InChI=1S/C12H13BrN2O2S2/c1-15(4-8-3-11(13)18-7-8)12-14-9(6-17-2)10(5-16)19-12/h3,5,7H,4,6H2,1-2H3. The maximum absolute atomic E-state index is 11.0. The highest BCUT2D eigenvalue weighted by molar-refractivity contribution is 9.11. The first-order valence-corrected chi connectivity index (χ1v) is 8.00. The summed E-state index contributed by atoms with van der Waals surface area (Å²) in [6.07, 6.45) is 0.838. The number of thiazole rings is 1. The maximum Gasteiger partial charge on any atom is 0.186 e. The van der Waals surface area contributed by atoms with E-state index >= 15 is 0 Å². The minimum absolute atomic E-state index is 0.364. The number of anilines is 1. The summed E-state index contributed by atoms with van der Waals surface area (Å²) in [6, 6.07) is 2.09. The SMILES string of the molecule is COCc1nc(N(C)Cc2csc(Br)c2)sc1C=O. The third-order valence-electron chi connectivity index (χ3n) is 2.47. The quantitative estimate of drug-likeness (QED) is 0.738. The van der Waals surface area contributed by atoms with Crippen molar-refractivity contribution in [2.75, 3.05) is 19.1 Å². The van der Waals surface area contributed by atoms with Crippen molar-refractivity contribution >= 4 is 50.0 Å². The van der Waals surface area contributed by atoms with E-state index in [4.69, 9.17) is 4.74 Å². The van der Waals surface area contributed by atoms with Crippen LogP contribution in [0.5, 0.6) is 0 Å². The molecule has 0 bridgehead atoms. The largest absolute Gasteiger partial charge is 0.378 e. The fraction of sp³-hybridized carbons (Fsp3) is 0.333. The molecule has 0 fully saturated rings. The molecule has 0 radical (unpaired) electrons. The second-order valence-electron chi connectivity index (χ2n) is 3.97. The van der Waals surface area contributed by atoms with Gasteiger partial charge in [0.25, 0.3) is 0 Å². The van der Waals surface area contributed by atoms with Gasteiger partial charge in [-0.3, -0.25) is 4.79 Å². The number of rotatable bonds is 6. The van der Waals surface area contributed by atoms with Crippen molar-refractivity contribution in [3.8, 4) is 0 Å². The fourth-order valence-electron chi connectivity index (χ4n) is 1.62. The molecule has 2 aromatic rings. The lowest BCUT2D eigenvalue weighted by Gasteiger charge is -2.14. The Labute approximate surface area is 128 Å². The van der Waals surface area contributed by atoms with E-state index < -0.39 is 0 Å². The number of aldehydes is 1. The third-order valence-corrected chi connectivity index (χ3v) is 5.16. The molecular weight excluding hydrogens is 348 g/mol. The summed E-state index contributed by atoms with van der Waals surface area (Å²) >= 11 is 6.50. The van der Waals surface area contributed by atoms with E-state index in [1.54, 1.807) is 18.4 Å². The highest BCUT2D eigenvalue weighted by Gasteiger charge is 2.14. The Morgan fingerprint density at radius 1 is 1.58 bits per heavy atom. The van der Waals surface area contributed by atoms with E-state index in [-0.39, 0.29) is 0 Å². The van der Waals surface area contributed by atoms with Gasteiger partial charge in [-0.15, -0.1) is 11.3 Å². The van der Waals surface area contributed by atoms with E-state index in [0.717, 1.165) is 21.7 Å². The fourth-order valence-corrected chi connectivity index (χ4v) is 3.66. The smallest absolute Gasteiger partial charge is 0.186 e. The number of thiophene rings is 1. The van der Waals surface area contributed by atoms with Crippen LogP contribution in [0, 0.1) is 0 Å². The Balaban J connectivity index is 2.14. The minimum atomic E-state index is 0.364. The Morgan fingerprint density at radius 3 is 2.95 bits per heavy atom. The van der Waals surface area contributed by atoms with Gasteiger partial charge in [0.2, 0.25) is 0 Å². The molecule has 0 saturated carbocycles. The summed E-state index contributed by atoms with van der Waals surface area (Å²) in [5.74, 6) is 0. The van der Waals surface area contributed by atoms with Crippen molar-refractivity contribution in [1.82, 2.24) is 4.98 Å². The van der Waals surface area contributed by atoms with Crippen LogP contribution >= 0.6 is 38.6 Å². The highest BCUT2D eigenvalue weighted by Crippen LogP contribution is 2.27. The molecule has 0 unspecified atom stereocenters. The second kappa shape index (κ2) is 6.60. The molecule has 0 amide bonds. The lowest BCUT2D eigenvalue weighted by atomic mass is 10.3. The highest BCUT2D eigenvalue weighted by atomic mass is 79.9. The normalized spacial score (nSPS) is 10.7. The van der Waals surface area contributed by atoms with Crippen molar-refractivity contribution in [3.63, 3.8) is 0 Å². The minimum Gasteiger partial charge on any atom is -0.378 e. The maximum atomic E-state index is 11.0. The van der Waals surface area contributed by atoms with Gasteiger partial charge in [0.15, 0.2) is 11.4 Å². The molecule has 2 aromatic heterocycles. The van der Waals surface area contributed by atoms with Crippen LogP contribution in [-0.2, 0) is 17.9 Å². The van der Waals surface area contributed by atoms with E-state index in [1.165, 1.54) is 16.9 Å². The van der Waals surface area contributed by atoms with Crippen molar-refractivity contribution in [2.45, 2.75) is 13.2 Å². The van der Waals surface area contributed by atoms with Gasteiger partial charge in [-0.05, 0) is 32.9 Å². The van der Waals surface area contributed by atoms with Crippen molar-refractivity contribution in [1.29, 1.82) is 0 Å². The van der Waals surface area contributed by atoms with E-state index in [2.05, 4.69) is 32.4 Å². The van der Waals surface area contributed by atoms with E-state index in [0.29, 0.717) is 17.2 Å². The van der Waals surface area contributed by atoms with Crippen LogP contribution in [0.15, 0.2) is 15.2 Å². The Morgan fingerprint density at radius 2 is 2.37 bits per heavy atom. The average molecular weight is 361 g/mol. The first-order valence-electron chi connectivity index (χ1n) is 5.52. The van der Waals surface area contributed by atoms with Crippen molar-refractivity contribution in [2.24, 2.45) is 0 Å². The zero-order valence-electron chi connectivity index (χ0n) is 10.6. The summed E-state index contributed by atoms with van der Waals surface area (Å²) in [5, 5.41) is 2.93. The van der Waals surface area contributed by atoms with Gasteiger partial charge in [0.05, 0.1) is 21.0 Å². The predicted molar refractivity (Wildman–Crippen MR) is 82.3 cm³/mol. The monoisotopic (exact) mass is 360 g/mol. The molecule has 2 heterocycles. The molecule has 0 aliphatic carbocycles. The van der Waals surface area contributed by atoms with Crippen molar-refractivity contribution in [3.05, 3.63) is 31.4 Å². The van der Waals surface area contributed by atoms with Gasteiger partial charge in [0, 0.05) is 20.7 Å². The summed E-state index contributed by atoms with van der Waals surface area (Å²) in [7, 11) is 3.57. The number of hydrogen-bond acceptors (Lipinski definition) is 6. The van der Waals surface area contributed by atoms with Crippen LogP contribution in [0.2, 0.25) is 0 Å². The molecule has 19 heavy (non-hydrogen) atoms. The second-order valence-corrected chi connectivity index (χ2v) is 7.27. The zero-order chi connectivity index (χ0) is 13.8. The van der Waals surface area contributed by atoms with Gasteiger partial charge in [0.1, 0.15) is 0 Å². The Bertz CT molecular complexity index is 568. The molecular formula is C12H13BrN2O2S2. The van der Waals surface area contributed by atoms with E-state index in [1.807, 2.05) is 11.9 Å². The zero-order valence-corrected chi connectivity index (χ0v) is 13.8. The van der Waals surface area contributed by atoms with Crippen LogP contribution in [0.1, 0.15) is 20.9 Å². The third kappa shape index (κ3) is 3.62. The number of aromatic nitrogens is 1. The number of carbonyl (C=O) groups is 1. The van der Waals surface area contributed by atoms with E-state index in [9.17, 15) is 4.79 Å². The Hall–Kier alpha value is -0.760. The number of halogens is 1. The number of ether oxygens (including phenoxy) is 1. The van der Waals surface area contributed by atoms with Crippen LogP contribution < -0.4 is 4.90 Å². The van der Waals surface area contributed by atoms with Crippen LogP contribution in [0.3, 0.4) is 0 Å². The lowest BCUT2D eigenvalue weighted by molar-refractivity contribution is 0.112. The molecule has 0 aliphatic heterocycles. The number of hydrogen-bond donors (Lipinski definition) is 0. The molecule has 2 rings (SSSR count). The van der Waals surface area contributed by atoms with Crippen molar-refractivity contribution < 1.29 is 9.53 Å². The number of carbonyl (C=O) groups excluding carboxylic acids is 1. The van der Waals surface area contributed by atoms with Gasteiger partial charge in [-0.1, -0.05) is 11.3 Å². The average Bonchev–Trinajstić information content (AvgIpc) is 2.96. The van der Waals surface area contributed by atoms with Crippen LogP contribution in [0.25, 0.3) is 0 Å². The van der Waals surface area contributed by atoms with Gasteiger partial charge in [-0.2, -0.15) is 0 Å². The number of methoxy groups -OCH3 is 1. The molecule has 0 N–H and O–H groups in total. The summed E-state index contributed by atoms with van der Waals surface area (Å²) in [4.78, 5) is 18.1. The molecule has 7 heteroatoms. The predicted octanol–water partition coefficient (Wildman–Crippen LogP) is 3.56. The van der Waals surface area contributed by atoms with Gasteiger partial charge >= 0.3 is 0 Å². The first-order chi connectivity index (χ1) is 9.13. The molecule has 0 aliphatic rings. The topological polar surface area (TPSA) is 42.4 Å². The molecule has 0 aromatic carbocycles. The van der Waals surface area contributed by atoms with Gasteiger partial charge < -0.3 is 9.64 Å². The van der Waals surface area contributed by atoms with Gasteiger partial charge in [-0.25, -0.2) is 4.98 Å². The molecule has 4 nitrogen and oxygen atoms in total. The Kier molecular flexibility index (Phi) is 5.09. The summed E-state index contributed by atoms with van der Waals surface area (Å²) < 4.78 is 6.16.